The first-order chi connectivity index (χ1) is 16.4. The van der Waals surface area contributed by atoms with Crippen LogP contribution >= 0.6 is 0 Å². The van der Waals surface area contributed by atoms with E-state index in [1.807, 2.05) is 0 Å². The van der Waals surface area contributed by atoms with Crippen molar-refractivity contribution in [2.45, 2.75) is 13.5 Å². The Morgan fingerprint density at radius 2 is 1.88 bits per heavy atom. The van der Waals surface area contributed by atoms with Gasteiger partial charge in [-0.1, -0.05) is 18.2 Å². The first kappa shape index (κ1) is 22.7. The molecule has 0 spiro atoms. The third-order valence-corrected chi connectivity index (χ3v) is 4.85. The molecular weight excluding hydrogens is 439 g/mol. The van der Waals surface area contributed by atoms with Crippen LogP contribution in [0.25, 0.3) is 6.08 Å². The summed E-state index contributed by atoms with van der Waals surface area (Å²) in [6.45, 7) is 1.60. The molecule has 172 valence electrons. The zero-order valence-corrected chi connectivity index (χ0v) is 18.5. The quantitative estimate of drug-likeness (QED) is 0.407. The van der Waals surface area contributed by atoms with Crippen LogP contribution < -0.4 is 14.8 Å². The van der Waals surface area contributed by atoms with Crippen molar-refractivity contribution < 1.29 is 28.2 Å². The molecule has 1 amide bonds. The van der Waals surface area contributed by atoms with Gasteiger partial charge in [0, 0.05) is 18.2 Å². The number of amides is 1. The molecule has 0 atom stereocenters. The molecule has 0 aromatic heterocycles. The number of hydrogen-bond acceptors (Lipinski definition) is 6. The Balaban J connectivity index is 1.50. The summed E-state index contributed by atoms with van der Waals surface area (Å²) >= 11 is 0. The number of carbonyl (C=O) groups is 2. The van der Waals surface area contributed by atoms with Gasteiger partial charge < -0.3 is 19.5 Å². The van der Waals surface area contributed by atoms with Crippen LogP contribution in [0.1, 0.15) is 23.6 Å². The van der Waals surface area contributed by atoms with Crippen molar-refractivity contribution >= 4 is 29.5 Å². The molecule has 3 aromatic rings. The molecule has 34 heavy (non-hydrogen) atoms. The number of methoxy groups -OCH3 is 1. The lowest BCUT2D eigenvalue weighted by molar-refractivity contribution is -0.129. The number of halogens is 1. The molecule has 1 aliphatic rings. The topological polar surface area (TPSA) is 86.2 Å². The molecule has 4 rings (SSSR count). The molecule has 0 fully saturated rings. The van der Waals surface area contributed by atoms with Gasteiger partial charge in [-0.2, -0.15) is 0 Å². The van der Waals surface area contributed by atoms with Crippen molar-refractivity contribution in [1.29, 1.82) is 0 Å². The molecule has 0 radical (unpaired) electrons. The van der Waals surface area contributed by atoms with Crippen molar-refractivity contribution in [3.05, 3.63) is 94.9 Å². The normalized spacial score (nSPS) is 13.9. The van der Waals surface area contributed by atoms with Crippen LogP contribution in [0.3, 0.4) is 0 Å². The minimum absolute atomic E-state index is 0.136. The van der Waals surface area contributed by atoms with Crippen LogP contribution in [-0.2, 0) is 20.9 Å². The lowest BCUT2D eigenvalue weighted by Crippen LogP contribution is -2.07. The monoisotopic (exact) mass is 460 g/mol. The van der Waals surface area contributed by atoms with Gasteiger partial charge in [0.1, 0.15) is 12.4 Å². The molecule has 1 heterocycles. The van der Waals surface area contributed by atoms with Crippen molar-refractivity contribution in [3.8, 4) is 11.5 Å². The fourth-order valence-electron chi connectivity index (χ4n) is 3.27. The number of nitrogens with zero attached hydrogens (tertiary/aromatic N) is 1. The maximum absolute atomic E-state index is 13.4. The molecule has 3 aromatic carbocycles. The largest absolute Gasteiger partial charge is 0.493 e. The molecular formula is C26H21FN2O5. The van der Waals surface area contributed by atoms with E-state index in [2.05, 4.69) is 10.3 Å². The van der Waals surface area contributed by atoms with Crippen molar-refractivity contribution in [1.82, 2.24) is 0 Å². The molecule has 0 aliphatic carbocycles. The van der Waals surface area contributed by atoms with E-state index in [9.17, 15) is 14.0 Å². The highest BCUT2D eigenvalue weighted by molar-refractivity contribution is 6.13. The van der Waals surface area contributed by atoms with Gasteiger partial charge in [0.15, 0.2) is 17.2 Å². The van der Waals surface area contributed by atoms with E-state index in [1.54, 1.807) is 60.7 Å². The summed E-state index contributed by atoms with van der Waals surface area (Å²) in [7, 11) is 1.51. The number of cyclic esters (lactones) is 1. The van der Waals surface area contributed by atoms with E-state index in [1.165, 1.54) is 26.2 Å². The van der Waals surface area contributed by atoms with Crippen molar-refractivity contribution in [2.75, 3.05) is 12.4 Å². The minimum Gasteiger partial charge on any atom is -0.493 e. The number of esters is 1. The number of aliphatic imine (C=N–C) groups is 1. The number of anilines is 1. The van der Waals surface area contributed by atoms with E-state index in [-0.39, 0.29) is 29.9 Å². The summed E-state index contributed by atoms with van der Waals surface area (Å²) in [4.78, 5) is 27.8. The van der Waals surface area contributed by atoms with Crippen LogP contribution in [0.2, 0.25) is 0 Å². The number of carbonyl (C=O) groups excluding carboxylic acids is 2. The van der Waals surface area contributed by atoms with Crippen molar-refractivity contribution in [3.63, 3.8) is 0 Å². The zero-order valence-electron chi connectivity index (χ0n) is 18.5. The first-order valence-corrected chi connectivity index (χ1v) is 10.4. The molecule has 1 N–H and O–H groups in total. The molecule has 1 aliphatic heterocycles. The van der Waals surface area contributed by atoms with Gasteiger partial charge in [-0.3, -0.25) is 4.79 Å². The van der Waals surface area contributed by atoms with E-state index >= 15 is 0 Å². The van der Waals surface area contributed by atoms with E-state index in [4.69, 9.17) is 14.2 Å². The van der Waals surface area contributed by atoms with Crippen molar-refractivity contribution in [2.24, 2.45) is 4.99 Å². The fourth-order valence-corrected chi connectivity index (χ4v) is 3.27. The maximum atomic E-state index is 13.4. The molecule has 0 bridgehead atoms. The number of nitrogens with one attached hydrogen (secondary N) is 1. The Morgan fingerprint density at radius 1 is 1.09 bits per heavy atom. The summed E-state index contributed by atoms with van der Waals surface area (Å²) in [6, 6.07) is 18.1. The molecule has 0 saturated carbocycles. The number of rotatable bonds is 7. The van der Waals surface area contributed by atoms with Crippen LogP contribution in [-0.4, -0.2) is 24.9 Å². The van der Waals surface area contributed by atoms with Gasteiger partial charge in [0.05, 0.1) is 7.11 Å². The average Bonchev–Trinajstić information content (AvgIpc) is 3.18. The summed E-state index contributed by atoms with van der Waals surface area (Å²) < 4.78 is 29.8. The van der Waals surface area contributed by atoms with Gasteiger partial charge >= 0.3 is 5.97 Å². The molecule has 7 nitrogen and oxygen atoms in total. The smallest absolute Gasteiger partial charge is 0.363 e. The van der Waals surface area contributed by atoms with Gasteiger partial charge in [-0.15, -0.1) is 0 Å². The molecule has 8 heteroatoms. The minimum atomic E-state index is -0.577. The van der Waals surface area contributed by atoms with Crippen LogP contribution in [0.15, 0.2) is 77.4 Å². The van der Waals surface area contributed by atoms with E-state index < -0.39 is 5.97 Å². The lowest BCUT2D eigenvalue weighted by atomic mass is 10.1. The third-order valence-electron chi connectivity index (χ3n) is 4.85. The standard InChI is InChI=1S/C26H21FN2O5/c1-16(30)28-21-9-7-19(8-10-21)25-29-22(26(31)34-25)13-17-6-11-23(24(14-17)32-2)33-15-18-4-3-5-20(27)12-18/h3-14H,15H2,1-2H3,(H,28,30)/b22-13-. The SMILES string of the molecule is COc1cc(/C=C2\N=C(c3ccc(NC(C)=O)cc3)OC2=O)ccc1OCc1cccc(F)c1. The van der Waals surface area contributed by atoms with Crippen LogP contribution in [0.4, 0.5) is 10.1 Å². The number of ether oxygens (including phenoxy) is 3. The van der Waals surface area contributed by atoms with Gasteiger partial charge in [-0.25, -0.2) is 14.2 Å². The highest BCUT2D eigenvalue weighted by Gasteiger charge is 2.24. The number of benzene rings is 3. The zero-order chi connectivity index (χ0) is 24.1. The summed E-state index contributed by atoms with van der Waals surface area (Å²) in [6.07, 6.45) is 1.58. The maximum Gasteiger partial charge on any atom is 0.363 e. The second kappa shape index (κ2) is 9.99. The van der Waals surface area contributed by atoms with Gasteiger partial charge in [-0.05, 0) is 65.7 Å². The lowest BCUT2D eigenvalue weighted by Gasteiger charge is -2.11. The highest BCUT2D eigenvalue weighted by Crippen LogP contribution is 2.30. The Hall–Kier alpha value is -4.46. The second-order valence-electron chi connectivity index (χ2n) is 7.42. The Kier molecular flexibility index (Phi) is 6.68. The van der Waals surface area contributed by atoms with E-state index in [0.29, 0.717) is 33.9 Å². The summed E-state index contributed by atoms with van der Waals surface area (Å²) in [5.74, 6) is 0.0192. The van der Waals surface area contributed by atoms with Gasteiger partial charge in [0.25, 0.3) is 0 Å². The molecule has 0 saturated heterocycles. The Labute approximate surface area is 195 Å². The predicted octanol–water partition coefficient (Wildman–Crippen LogP) is 4.72. The Morgan fingerprint density at radius 3 is 2.59 bits per heavy atom. The van der Waals surface area contributed by atoms with Gasteiger partial charge in [0.2, 0.25) is 11.8 Å². The highest BCUT2D eigenvalue weighted by atomic mass is 19.1. The summed E-state index contributed by atoms with van der Waals surface area (Å²) in [5, 5.41) is 2.67. The predicted molar refractivity (Wildman–Crippen MR) is 125 cm³/mol. The second-order valence-corrected chi connectivity index (χ2v) is 7.42. The number of hydrogen-bond donors (Lipinski definition) is 1. The fraction of sp³-hybridized carbons (Fsp3) is 0.115. The Bertz CT molecular complexity index is 1300. The first-order valence-electron chi connectivity index (χ1n) is 10.4. The third kappa shape index (κ3) is 5.47. The summed E-state index contributed by atoms with van der Waals surface area (Å²) in [5.41, 5.74) is 2.71. The van der Waals surface area contributed by atoms with Crippen LogP contribution in [0, 0.1) is 5.82 Å². The average molecular weight is 460 g/mol. The molecule has 0 unspecified atom stereocenters. The van der Waals surface area contributed by atoms with Crippen LogP contribution in [0.5, 0.6) is 11.5 Å². The van der Waals surface area contributed by atoms with E-state index in [0.717, 1.165) is 0 Å².